The molecule has 1 aliphatic heterocycles. The predicted octanol–water partition coefficient (Wildman–Crippen LogP) is 3.56. The molecule has 1 aliphatic rings. The molecular formula is C20H22BrNO2. The minimum Gasteiger partial charge on any atom is -0.380 e. The van der Waals surface area contributed by atoms with Crippen LogP contribution in [0.15, 0.2) is 60.7 Å². The molecule has 0 atom stereocenters. The van der Waals surface area contributed by atoms with E-state index in [1.54, 1.807) is 0 Å². The van der Waals surface area contributed by atoms with Gasteiger partial charge in [0.2, 0.25) is 5.91 Å². The summed E-state index contributed by atoms with van der Waals surface area (Å²) in [5.41, 5.74) is 0.814. The molecule has 0 bridgehead atoms. The average molecular weight is 388 g/mol. The van der Waals surface area contributed by atoms with E-state index in [0.29, 0.717) is 18.4 Å². The Bertz CT molecular complexity index is 627. The molecule has 0 aliphatic carbocycles. The highest BCUT2D eigenvalue weighted by Crippen LogP contribution is 2.41. The maximum absolute atomic E-state index is 11.9. The van der Waals surface area contributed by atoms with Crippen LogP contribution in [-0.2, 0) is 10.4 Å². The van der Waals surface area contributed by atoms with Gasteiger partial charge in [0.25, 0.3) is 0 Å². The molecule has 2 aromatic carbocycles. The molecule has 3 rings (SSSR count). The molecular weight excluding hydrogens is 366 g/mol. The monoisotopic (exact) mass is 387 g/mol. The third-order valence-corrected chi connectivity index (χ3v) is 5.46. The molecule has 1 heterocycles. The number of halogens is 1. The van der Waals surface area contributed by atoms with Crippen molar-refractivity contribution in [1.82, 2.24) is 4.90 Å². The van der Waals surface area contributed by atoms with Crippen LogP contribution >= 0.6 is 15.9 Å². The highest BCUT2D eigenvalue weighted by molar-refractivity contribution is 9.09. The van der Waals surface area contributed by atoms with Gasteiger partial charge in [0.05, 0.1) is 5.33 Å². The van der Waals surface area contributed by atoms with Gasteiger partial charge in [0.1, 0.15) is 5.60 Å². The second-order valence-electron chi connectivity index (χ2n) is 6.29. The minimum absolute atomic E-state index is 0.0849. The summed E-state index contributed by atoms with van der Waals surface area (Å²) in [7, 11) is 0. The fourth-order valence-corrected chi connectivity index (χ4v) is 4.01. The van der Waals surface area contributed by atoms with Crippen LogP contribution in [0, 0.1) is 5.92 Å². The minimum atomic E-state index is -1.02. The zero-order chi connectivity index (χ0) is 17.0. The van der Waals surface area contributed by atoms with Crippen LogP contribution < -0.4 is 0 Å². The number of aliphatic hydroxyl groups is 1. The topological polar surface area (TPSA) is 40.5 Å². The second kappa shape index (κ2) is 7.49. The van der Waals surface area contributed by atoms with E-state index < -0.39 is 5.60 Å². The number of amides is 1. The van der Waals surface area contributed by atoms with Crippen molar-refractivity contribution in [3.63, 3.8) is 0 Å². The van der Waals surface area contributed by atoms with Gasteiger partial charge in [0, 0.05) is 13.1 Å². The van der Waals surface area contributed by atoms with Crippen LogP contribution in [0.25, 0.3) is 0 Å². The number of hydrogen-bond donors (Lipinski definition) is 1. The second-order valence-corrected chi connectivity index (χ2v) is 6.85. The summed E-state index contributed by atoms with van der Waals surface area (Å²) in [6, 6.07) is 19.7. The summed E-state index contributed by atoms with van der Waals surface area (Å²) in [4.78, 5) is 13.8. The van der Waals surface area contributed by atoms with Crippen LogP contribution in [-0.4, -0.2) is 34.3 Å². The maximum atomic E-state index is 11.9. The molecule has 126 valence electrons. The molecule has 3 nitrogen and oxygen atoms in total. The Labute approximate surface area is 151 Å². The van der Waals surface area contributed by atoms with Crippen molar-refractivity contribution >= 4 is 21.8 Å². The number of carbonyl (C=O) groups is 1. The molecule has 4 heteroatoms. The molecule has 2 aromatic rings. The first-order valence-electron chi connectivity index (χ1n) is 8.33. The van der Waals surface area contributed by atoms with Gasteiger partial charge in [-0.1, -0.05) is 76.6 Å². The number of carbonyl (C=O) groups excluding carboxylic acids is 1. The van der Waals surface area contributed by atoms with Gasteiger partial charge in [-0.15, -0.1) is 0 Å². The normalized spacial score (nSPS) is 16.2. The third-order valence-electron chi connectivity index (χ3n) is 4.98. The van der Waals surface area contributed by atoms with Crippen LogP contribution in [0.5, 0.6) is 0 Å². The van der Waals surface area contributed by atoms with E-state index in [4.69, 9.17) is 0 Å². The van der Waals surface area contributed by atoms with Crippen molar-refractivity contribution in [3.8, 4) is 0 Å². The van der Waals surface area contributed by atoms with Crippen molar-refractivity contribution in [2.75, 3.05) is 18.4 Å². The van der Waals surface area contributed by atoms with Crippen molar-refractivity contribution in [1.29, 1.82) is 0 Å². The average Bonchev–Trinajstić information content (AvgIpc) is 2.68. The zero-order valence-corrected chi connectivity index (χ0v) is 15.2. The summed E-state index contributed by atoms with van der Waals surface area (Å²) in [6.07, 6.45) is 1.58. The Morgan fingerprint density at radius 2 is 1.46 bits per heavy atom. The lowest BCUT2D eigenvalue weighted by atomic mass is 9.72. The van der Waals surface area contributed by atoms with E-state index in [1.807, 2.05) is 65.6 Å². The Hall–Kier alpha value is -1.65. The fourth-order valence-electron chi connectivity index (χ4n) is 3.65. The van der Waals surface area contributed by atoms with E-state index in [-0.39, 0.29) is 11.8 Å². The molecule has 1 N–H and O–H groups in total. The number of piperidine rings is 1. The van der Waals surface area contributed by atoms with Gasteiger partial charge in [0.15, 0.2) is 0 Å². The van der Waals surface area contributed by atoms with Crippen LogP contribution in [0.4, 0.5) is 0 Å². The predicted molar refractivity (Wildman–Crippen MR) is 99.0 cm³/mol. The Balaban J connectivity index is 1.91. The van der Waals surface area contributed by atoms with Crippen LogP contribution in [0.3, 0.4) is 0 Å². The van der Waals surface area contributed by atoms with E-state index in [2.05, 4.69) is 15.9 Å². The molecule has 1 fully saturated rings. The Kier molecular flexibility index (Phi) is 5.36. The lowest BCUT2D eigenvalue weighted by Gasteiger charge is -2.42. The summed E-state index contributed by atoms with van der Waals surface area (Å²) in [5, 5.41) is 12.1. The number of benzene rings is 2. The van der Waals surface area contributed by atoms with Crippen molar-refractivity contribution in [3.05, 3.63) is 71.8 Å². The molecule has 1 amide bonds. The largest absolute Gasteiger partial charge is 0.380 e. The third kappa shape index (κ3) is 3.26. The van der Waals surface area contributed by atoms with Gasteiger partial charge in [-0.3, -0.25) is 4.79 Å². The van der Waals surface area contributed by atoms with Crippen molar-refractivity contribution < 1.29 is 9.90 Å². The number of likely N-dealkylation sites (tertiary alicyclic amines) is 1. The van der Waals surface area contributed by atoms with Crippen LogP contribution in [0.1, 0.15) is 24.0 Å². The number of nitrogens with zero attached hydrogens (tertiary/aromatic N) is 1. The molecule has 0 aromatic heterocycles. The summed E-state index contributed by atoms with van der Waals surface area (Å²) in [5.74, 6) is 0.207. The van der Waals surface area contributed by atoms with Gasteiger partial charge >= 0.3 is 0 Å². The lowest BCUT2D eigenvalue weighted by Crippen LogP contribution is -2.46. The van der Waals surface area contributed by atoms with E-state index in [9.17, 15) is 9.90 Å². The molecule has 0 radical (unpaired) electrons. The molecule has 0 saturated carbocycles. The highest BCUT2D eigenvalue weighted by atomic mass is 79.9. The number of alkyl halides is 1. The van der Waals surface area contributed by atoms with Crippen molar-refractivity contribution in [2.24, 2.45) is 5.92 Å². The maximum Gasteiger partial charge on any atom is 0.233 e. The number of hydrogen-bond acceptors (Lipinski definition) is 2. The Morgan fingerprint density at radius 1 is 1.00 bits per heavy atom. The van der Waals surface area contributed by atoms with E-state index in [0.717, 1.165) is 24.0 Å². The molecule has 0 unspecified atom stereocenters. The van der Waals surface area contributed by atoms with Gasteiger partial charge in [-0.2, -0.15) is 0 Å². The molecule has 24 heavy (non-hydrogen) atoms. The first-order valence-corrected chi connectivity index (χ1v) is 9.45. The SMILES string of the molecule is O=C(CBr)N1CCC(C(O)(c2ccccc2)c2ccccc2)CC1. The van der Waals surface area contributed by atoms with Gasteiger partial charge in [-0.05, 0) is 29.9 Å². The molecule has 0 spiro atoms. The zero-order valence-electron chi connectivity index (χ0n) is 13.6. The summed E-state index contributed by atoms with van der Waals surface area (Å²) >= 11 is 3.24. The Morgan fingerprint density at radius 3 is 1.88 bits per heavy atom. The van der Waals surface area contributed by atoms with Crippen molar-refractivity contribution in [2.45, 2.75) is 18.4 Å². The fraction of sp³-hybridized carbons (Fsp3) is 0.350. The summed E-state index contributed by atoms with van der Waals surface area (Å²) < 4.78 is 0. The first-order chi connectivity index (χ1) is 11.7. The van der Waals surface area contributed by atoms with Gasteiger partial charge < -0.3 is 10.0 Å². The smallest absolute Gasteiger partial charge is 0.233 e. The standard InChI is InChI=1S/C20H22BrNO2/c21-15-19(23)22-13-11-18(12-14-22)20(24,16-7-3-1-4-8-16)17-9-5-2-6-10-17/h1-10,18,24H,11-15H2. The van der Waals surface area contributed by atoms with E-state index >= 15 is 0 Å². The lowest BCUT2D eigenvalue weighted by molar-refractivity contribution is -0.131. The number of rotatable bonds is 4. The van der Waals surface area contributed by atoms with E-state index in [1.165, 1.54) is 0 Å². The van der Waals surface area contributed by atoms with Gasteiger partial charge in [-0.25, -0.2) is 0 Å². The summed E-state index contributed by atoms with van der Waals surface area (Å²) in [6.45, 7) is 1.38. The quantitative estimate of drug-likeness (QED) is 0.814. The molecule has 1 saturated heterocycles. The highest BCUT2D eigenvalue weighted by Gasteiger charge is 2.41. The first kappa shape index (κ1) is 17.2. The van der Waals surface area contributed by atoms with Crippen LogP contribution in [0.2, 0.25) is 0 Å².